The van der Waals surface area contributed by atoms with E-state index >= 15 is 0 Å². The number of rotatable bonds is 4. The molecular weight excluding hydrogens is 289 g/mol. The molecule has 0 bridgehead atoms. The topological polar surface area (TPSA) is 20.3 Å². The van der Waals surface area contributed by atoms with E-state index in [1.54, 1.807) is 6.07 Å². The van der Waals surface area contributed by atoms with Crippen LogP contribution >= 0.6 is 11.6 Å². The molecular formula is C17H23ClFNO. The van der Waals surface area contributed by atoms with Gasteiger partial charge < -0.3 is 4.90 Å². The minimum absolute atomic E-state index is 0.0929. The van der Waals surface area contributed by atoms with Crippen molar-refractivity contribution in [2.75, 3.05) is 20.1 Å². The predicted octanol–water partition coefficient (Wildman–Crippen LogP) is 4.06. The van der Waals surface area contributed by atoms with Gasteiger partial charge in [-0.1, -0.05) is 25.4 Å². The predicted molar refractivity (Wildman–Crippen MR) is 84.3 cm³/mol. The number of nitrogens with zero attached hydrogens (tertiary/aromatic N) is 1. The second-order valence-electron chi connectivity index (χ2n) is 6.75. The highest BCUT2D eigenvalue weighted by Gasteiger charge is 2.31. The van der Waals surface area contributed by atoms with E-state index in [1.165, 1.54) is 12.1 Å². The Bertz CT molecular complexity index is 530. The monoisotopic (exact) mass is 311 g/mol. The lowest BCUT2D eigenvalue weighted by molar-refractivity contribution is -0.125. The first-order chi connectivity index (χ1) is 9.79. The molecule has 1 aliphatic heterocycles. The summed E-state index contributed by atoms with van der Waals surface area (Å²) >= 11 is 6.19. The molecule has 2 nitrogen and oxygen atoms in total. The van der Waals surface area contributed by atoms with Crippen LogP contribution in [0, 0.1) is 11.7 Å². The van der Waals surface area contributed by atoms with Crippen molar-refractivity contribution in [3.63, 3.8) is 0 Å². The molecule has 0 unspecified atom stereocenters. The highest BCUT2D eigenvalue weighted by molar-refractivity contribution is 6.31. The highest BCUT2D eigenvalue weighted by atomic mass is 35.5. The van der Waals surface area contributed by atoms with Crippen molar-refractivity contribution in [3.05, 3.63) is 34.6 Å². The van der Waals surface area contributed by atoms with E-state index in [0.717, 1.165) is 25.9 Å². The average Bonchev–Trinajstić information content (AvgIpc) is 2.41. The maximum atomic E-state index is 13.5. The minimum atomic E-state index is -0.452. The molecule has 1 aromatic carbocycles. The Morgan fingerprint density at radius 3 is 2.86 bits per heavy atom. The van der Waals surface area contributed by atoms with Gasteiger partial charge >= 0.3 is 0 Å². The molecule has 0 N–H and O–H groups in total. The summed E-state index contributed by atoms with van der Waals surface area (Å²) in [4.78, 5) is 14.8. The number of carbonyl (C=O) groups is 1. The molecule has 0 aliphatic carbocycles. The van der Waals surface area contributed by atoms with Crippen molar-refractivity contribution in [2.45, 2.75) is 38.5 Å². The van der Waals surface area contributed by atoms with Gasteiger partial charge in [-0.2, -0.15) is 0 Å². The Kier molecular flexibility index (Phi) is 5.05. The van der Waals surface area contributed by atoms with Crippen LogP contribution in [-0.4, -0.2) is 30.8 Å². The van der Waals surface area contributed by atoms with Crippen LogP contribution in [0.15, 0.2) is 18.2 Å². The van der Waals surface area contributed by atoms with Gasteiger partial charge in [0, 0.05) is 23.9 Å². The third-order valence-corrected chi connectivity index (χ3v) is 4.68. The summed E-state index contributed by atoms with van der Waals surface area (Å²) in [5, 5.41) is 0.523. The third-order valence-electron chi connectivity index (χ3n) is 4.35. The van der Waals surface area contributed by atoms with Crippen LogP contribution in [-0.2, 0) is 10.2 Å². The van der Waals surface area contributed by atoms with E-state index in [0.29, 0.717) is 17.0 Å². The standard InChI is InChI=1S/C17H23ClFNO/c1-17(2,14-9-13(19)6-7-15(14)18)10-16(21)12-5-4-8-20(3)11-12/h6-7,9,12H,4-5,8,10-11H2,1-3H3/t12-/m0/s1. The van der Waals surface area contributed by atoms with Gasteiger partial charge in [0.05, 0.1) is 0 Å². The zero-order chi connectivity index (χ0) is 15.6. The fourth-order valence-electron chi connectivity index (χ4n) is 3.12. The van der Waals surface area contributed by atoms with Crippen molar-refractivity contribution >= 4 is 17.4 Å². The van der Waals surface area contributed by atoms with E-state index in [2.05, 4.69) is 4.90 Å². The molecule has 2 rings (SSSR count). The highest BCUT2D eigenvalue weighted by Crippen LogP contribution is 2.35. The Hall–Kier alpha value is -0.930. The van der Waals surface area contributed by atoms with E-state index in [4.69, 9.17) is 11.6 Å². The van der Waals surface area contributed by atoms with Crippen molar-refractivity contribution in [1.29, 1.82) is 0 Å². The molecule has 1 heterocycles. The van der Waals surface area contributed by atoms with Crippen LogP contribution in [0.25, 0.3) is 0 Å². The maximum absolute atomic E-state index is 13.5. The summed E-state index contributed by atoms with van der Waals surface area (Å²) in [6.45, 7) is 5.80. The number of hydrogen-bond acceptors (Lipinski definition) is 2. The Labute approximate surface area is 131 Å². The first-order valence-electron chi connectivity index (χ1n) is 7.46. The van der Waals surface area contributed by atoms with Crippen LogP contribution in [0.1, 0.15) is 38.7 Å². The molecule has 0 saturated carbocycles. The molecule has 1 fully saturated rings. The molecule has 1 atom stereocenters. The zero-order valence-corrected chi connectivity index (χ0v) is 13.7. The first-order valence-corrected chi connectivity index (χ1v) is 7.84. The maximum Gasteiger partial charge on any atom is 0.138 e. The van der Waals surface area contributed by atoms with Gasteiger partial charge in [0.15, 0.2) is 0 Å². The first kappa shape index (κ1) is 16.4. The molecule has 0 aromatic heterocycles. The molecule has 116 valence electrons. The van der Waals surface area contributed by atoms with E-state index in [9.17, 15) is 9.18 Å². The summed E-state index contributed by atoms with van der Waals surface area (Å²) < 4.78 is 13.5. The van der Waals surface area contributed by atoms with E-state index in [1.807, 2.05) is 20.9 Å². The van der Waals surface area contributed by atoms with Gasteiger partial charge in [-0.05, 0) is 55.6 Å². The molecule has 1 saturated heterocycles. The van der Waals surface area contributed by atoms with Crippen molar-refractivity contribution in [2.24, 2.45) is 5.92 Å². The number of benzene rings is 1. The number of Topliss-reactive ketones (excluding diaryl/α,β-unsaturated/α-hetero) is 1. The molecule has 4 heteroatoms. The van der Waals surface area contributed by atoms with Gasteiger partial charge in [0.2, 0.25) is 0 Å². The van der Waals surface area contributed by atoms with Gasteiger partial charge in [0.25, 0.3) is 0 Å². The summed E-state index contributed by atoms with van der Waals surface area (Å²) in [5.74, 6) is 0.0366. The molecule has 0 amide bonds. The van der Waals surface area contributed by atoms with E-state index in [-0.39, 0.29) is 17.5 Å². The molecule has 1 aromatic rings. The van der Waals surface area contributed by atoms with Crippen molar-refractivity contribution in [3.8, 4) is 0 Å². The fraction of sp³-hybridized carbons (Fsp3) is 0.588. The summed E-state index contributed by atoms with van der Waals surface area (Å²) in [6, 6.07) is 4.36. The average molecular weight is 312 g/mol. The number of halogens is 2. The smallest absolute Gasteiger partial charge is 0.138 e. The molecule has 0 spiro atoms. The lowest BCUT2D eigenvalue weighted by atomic mass is 9.77. The molecule has 1 aliphatic rings. The van der Waals surface area contributed by atoms with Crippen LogP contribution in [0.5, 0.6) is 0 Å². The summed E-state index contributed by atoms with van der Waals surface area (Å²) in [6.07, 6.45) is 2.42. The SMILES string of the molecule is CN1CCC[C@H](C(=O)CC(C)(C)c2cc(F)ccc2Cl)C1. The van der Waals surface area contributed by atoms with Crippen LogP contribution in [0.4, 0.5) is 4.39 Å². The second kappa shape index (κ2) is 6.45. The summed E-state index contributed by atoms with van der Waals surface area (Å²) in [7, 11) is 2.05. The quantitative estimate of drug-likeness (QED) is 0.836. The summed E-state index contributed by atoms with van der Waals surface area (Å²) in [5.41, 5.74) is 0.258. The second-order valence-corrected chi connectivity index (χ2v) is 7.16. The molecule has 21 heavy (non-hydrogen) atoms. The number of carbonyl (C=O) groups excluding carboxylic acids is 1. The normalized spacial score (nSPS) is 20.5. The third kappa shape index (κ3) is 4.04. The van der Waals surface area contributed by atoms with Crippen LogP contribution in [0.3, 0.4) is 0 Å². The zero-order valence-electron chi connectivity index (χ0n) is 13.0. The largest absolute Gasteiger partial charge is 0.306 e. The number of likely N-dealkylation sites (tertiary alicyclic amines) is 1. The van der Waals surface area contributed by atoms with Crippen LogP contribution in [0.2, 0.25) is 5.02 Å². The number of piperidine rings is 1. The minimum Gasteiger partial charge on any atom is -0.306 e. The molecule has 0 radical (unpaired) electrons. The van der Waals surface area contributed by atoms with Crippen LogP contribution < -0.4 is 0 Å². The van der Waals surface area contributed by atoms with Crippen molar-refractivity contribution in [1.82, 2.24) is 4.90 Å². The Morgan fingerprint density at radius 2 is 2.19 bits per heavy atom. The Morgan fingerprint density at radius 1 is 1.48 bits per heavy atom. The van der Waals surface area contributed by atoms with Crippen molar-refractivity contribution < 1.29 is 9.18 Å². The van der Waals surface area contributed by atoms with Gasteiger partial charge in [-0.3, -0.25) is 4.79 Å². The number of ketones is 1. The number of hydrogen-bond donors (Lipinski definition) is 0. The Balaban J connectivity index is 2.12. The van der Waals surface area contributed by atoms with E-state index < -0.39 is 5.41 Å². The lowest BCUT2D eigenvalue weighted by Crippen LogP contribution is -2.38. The van der Waals surface area contributed by atoms with Gasteiger partial charge in [-0.15, -0.1) is 0 Å². The lowest BCUT2D eigenvalue weighted by Gasteiger charge is -2.32. The van der Waals surface area contributed by atoms with Gasteiger partial charge in [-0.25, -0.2) is 4.39 Å². The fourth-order valence-corrected chi connectivity index (χ4v) is 3.49. The van der Waals surface area contributed by atoms with Gasteiger partial charge in [0.1, 0.15) is 11.6 Å².